The lowest BCUT2D eigenvalue weighted by atomic mass is 9.69. The zero-order valence-electron chi connectivity index (χ0n) is 7.20. The van der Waals surface area contributed by atoms with Crippen LogP contribution in [0.5, 0.6) is 0 Å². The summed E-state index contributed by atoms with van der Waals surface area (Å²) in [5, 5.41) is 44.1. The average molecular weight is 193 g/mol. The smallest absolute Gasteiger partial charge is 0.450 e. The maximum Gasteiger partial charge on any atom is 0.488 e. The fraction of sp³-hybridized carbons (Fsp3) is 0. The Labute approximate surface area is 82.2 Å². The Hall–Kier alpha value is -0.785. The lowest BCUT2D eigenvalue weighted by Crippen LogP contribution is -2.42. The second-order valence-corrected chi connectivity index (χ2v) is 2.81. The summed E-state index contributed by atoms with van der Waals surface area (Å²) in [6.07, 6.45) is 0. The summed E-state index contributed by atoms with van der Waals surface area (Å²) in [7, 11) is -2.70. The van der Waals surface area contributed by atoms with Gasteiger partial charge in [-0.25, -0.2) is 0 Å². The van der Waals surface area contributed by atoms with Crippen LogP contribution in [0.25, 0.3) is 0 Å². The van der Waals surface area contributed by atoms with Gasteiger partial charge in [-0.1, -0.05) is 23.7 Å². The molecule has 0 aliphatic carbocycles. The Morgan fingerprint density at radius 2 is 1.29 bits per heavy atom. The van der Waals surface area contributed by atoms with Crippen LogP contribution in [0.3, 0.4) is 0 Å². The molecule has 0 aromatic heterocycles. The quantitative estimate of drug-likeness (QED) is 0.310. The van der Waals surface area contributed by atoms with Crippen molar-refractivity contribution in [1.82, 2.24) is 0 Å². The van der Waals surface area contributed by atoms with Crippen molar-refractivity contribution in [2.45, 2.75) is 0 Å². The Morgan fingerprint density at radius 1 is 0.857 bits per heavy atom. The van der Waals surface area contributed by atoms with E-state index in [1.54, 1.807) is 0 Å². The predicted octanol–water partition coefficient (Wildman–Crippen LogP) is -4.72. The zero-order valence-corrected chi connectivity index (χ0v) is 7.20. The van der Waals surface area contributed by atoms with Crippen molar-refractivity contribution < 1.29 is 25.1 Å². The van der Waals surface area contributed by atoms with Crippen molar-refractivity contribution in [1.29, 1.82) is 0 Å². The Morgan fingerprint density at radius 3 is 1.57 bits per heavy atom. The molecule has 0 aliphatic rings. The van der Waals surface area contributed by atoms with E-state index in [9.17, 15) is 0 Å². The number of benzene rings is 1. The molecule has 0 heterocycles. The molecular weight excluding hydrogens is 184 g/mol. The summed E-state index contributed by atoms with van der Waals surface area (Å²) in [5.74, 6) is 0. The normalized spacial score (nSPS) is 9.79. The van der Waals surface area contributed by atoms with Crippen LogP contribution in [0.1, 0.15) is 0 Å². The Bertz CT molecular complexity index is 290. The SMILES string of the molecule is O[B]c1cc(B(O)O)cc(B(O)O)c1. The third-order valence-corrected chi connectivity index (χ3v) is 1.75. The monoisotopic (exact) mass is 193 g/mol. The first-order valence-corrected chi connectivity index (χ1v) is 3.89. The minimum atomic E-state index is -1.72. The van der Waals surface area contributed by atoms with E-state index < -0.39 is 14.2 Å². The first-order chi connectivity index (χ1) is 6.54. The van der Waals surface area contributed by atoms with E-state index in [0.29, 0.717) is 0 Å². The van der Waals surface area contributed by atoms with Crippen molar-refractivity contribution in [2.75, 3.05) is 0 Å². The van der Waals surface area contributed by atoms with Gasteiger partial charge in [-0.2, -0.15) is 0 Å². The number of hydrogen-bond acceptors (Lipinski definition) is 5. The molecule has 5 N–H and O–H groups in total. The summed E-state index contributed by atoms with van der Waals surface area (Å²) >= 11 is 0. The van der Waals surface area contributed by atoms with E-state index in [-0.39, 0.29) is 16.4 Å². The first-order valence-electron chi connectivity index (χ1n) is 3.89. The van der Waals surface area contributed by atoms with Crippen molar-refractivity contribution in [3.8, 4) is 0 Å². The second-order valence-electron chi connectivity index (χ2n) is 2.81. The molecule has 1 radical (unpaired) electrons. The predicted molar refractivity (Wildman–Crippen MR) is 53.7 cm³/mol. The average Bonchev–Trinajstić information content (AvgIpc) is 2.16. The number of rotatable bonds is 3. The molecular formula is C6H8B3O5. The summed E-state index contributed by atoms with van der Waals surface area (Å²) in [4.78, 5) is 0. The van der Waals surface area contributed by atoms with Gasteiger partial charge in [0.25, 0.3) is 0 Å². The van der Waals surface area contributed by atoms with Gasteiger partial charge in [0.15, 0.2) is 0 Å². The fourth-order valence-electron chi connectivity index (χ4n) is 1.08. The molecule has 8 heteroatoms. The minimum absolute atomic E-state index is 0.0795. The molecule has 0 saturated carbocycles. The molecule has 1 aromatic rings. The molecule has 14 heavy (non-hydrogen) atoms. The third kappa shape index (κ3) is 2.60. The Balaban J connectivity index is 3.13. The third-order valence-electron chi connectivity index (χ3n) is 1.75. The van der Waals surface area contributed by atoms with Crippen LogP contribution in [-0.4, -0.2) is 46.8 Å². The lowest BCUT2D eigenvalue weighted by Gasteiger charge is -2.06. The maximum atomic E-state index is 8.85. The summed E-state index contributed by atoms with van der Waals surface area (Å²) in [6.45, 7) is 0. The van der Waals surface area contributed by atoms with Gasteiger partial charge in [-0.05, 0) is 10.9 Å². The Kier molecular flexibility index (Phi) is 3.73. The molecule has 0 aliphatic heterocycles. The van der Waals surface area contributed by atoms with Crippen LogP contribution < -0.4 is 16.4 Å². The maximum absolute atomic E-state index is 8.85. The number of hydrogen-bond donors (Lipinski definition) is 5. The van der Waals surface area contributed by atoms with Gasteiger partial charge in [-0.15, -0.1) is 0 Å². The zero-order chi connectivity index (χ0) is 10.7. The van der Waals surface area contributed by atoms with Gasteiger partial charge in [0.05, 0.1) is 0 Å². The van der Waals surface area contributed by atoms with Crippen molar-refractivity contribution >= 4 is 38.1 Å². The lowest BCUT2D eigenvalue weighted by molar-refractivity contribution is 0.425. The van der Waals surface area contributed by atoms with Gasteiger partial charge in [0.1, 0.15) is 0 Å². The highest BCUT2D eigenvalue weighted by Gasteiger charge is 2.18. The largest absolute Gasteiger partial charge is 0.488 e. The molecule has 0 bridgehead atoms. The van der Waals surface area contributed by atoms with E-state index in [0.717, 1.165) is 7.48 Å². The standard InChI is InChI=1S/C6H8B3O5/c10-7-4-1-5(8(11)12)3-6(2-4)9(13)14/h1-3,10-14H. The van der Waals surface area contributed by atoms with Crippen molar-refractivity contribution in [3.63, 3.8) is 0 Å². The van der Waals surface area contributed by atoms with Crippen LogP contribution in [0.2, 0.25) is 0 Å². The second kappa shape index (κ2) is 4.63. The van der Waals surface area contributed by atoms with Gasteiger partial charge in [-0.3, -0.25) is 0 Å². The first kappa shape index (κ1) is 11.3. The molecule has 0 atom stereocenters. The highest BCUT2D eigenvalue weighted by Crippen LogP contribution is 1.82. The fourth-order valence-corrected chi connectivity index (χ4v) is 1.08. The summed E-state index contributed by atoms with van der Waals surface area (Å²) in [5.41, 5.74) is 0.422. The van der Waals surface area contributed by atoms with E-state index in [1.807, 2.05) is 0 Å². The molecule has 0 saturated heterocycles. The molecule has 0 spiro atoms. The van der Waals surface area contributed by atoms with Crippen LogP contribution in [0.4, 0.5) is 0 Å². The van der Waals surface area contributed by atoms with Crippen LogP contribution >= 0.6 is 0 Å². The van der Waals surface area contributed by atoms with E-state index in [2.05, 4.69) is 0 Å². The van der Waals surface area contributed by atoms with Crippen LogP contribution in [-0.2, 0) is 0 Å². The molecule has 1 aromatic carbocycles. The molecule has 71 valence electrons. The van der Waals surface area contributed by atoms with Gasteiger partial charge in [0.2, 0.25) is 0 Å². The topological polar surface area (TPSA) is 101 Å². The van der Waals surface area contributed by atoms with Crippen LogP contribution in [0.15, 0.2) is 18.2 Å². The van der Waals surface area contributed by atoms with Gasteiger partial charge < -0.3 is 25.1 Å². The summed E-state index contributed by atoms with van der Waals surface area (Å²) in [6, 6.07) is 3.86. The van der Waals surface area contributed by atoms with Gasteiger partial charge >= 0.3 is 21.7 Å². The van der Waals surface area contributed by atoms with E-state index in [1.165, 1.54) is 18.2 Å². The van der Waals surface area contributed by atoms with Crippen LogP contribution in [0, 0.1) is 0 Å². The van der Waals surface area contributed by atoms with Crippen molar-refractivity contribution in [2.24, 2.45) is 0 Å². The molecule has 0 unspecified atom stereocenters. The van der Waals surface area contributed by atoms with E-state index >= 15 is 0 Å². The molecule has 0 amide bonds. The highest BCUT2D eigenvalue weighted by atomic mass is 16.4. The molecule has 1 rings (SSSR count). The van der Waals surface area contributed by atoms with E-state index in [4.69, 9.17) is 25.1 Å². The molecule has 0 fully saturated rings. The highest BCUT2D eigenvalue weighted by molar-refractivity contribution is 6.64. The summed E-state index contributed by atoms with van der Waals surface area (Å²) < 4.78 is 0. The minimum Gasteiger partial charge on any atom is -0.450 e. The molecule has 5 nitrogen and oxygen atoms in total. The van der Waals surface area contributed by atoms with Crippen molar-refractivity contribution in [3.05, 3.63) is 18.2 Å². The van der Waals surface area contributed by atoms with Gasteiger partial charge in [0, 0.05) is 0 Å².